The Hall–Kier alpha value is -6.43. The van der Waals surface area contributed by atoms with E-state index in [-0.39, 0.29) is 5.41 Å². The number of hydrogen-bond donors (Lipinski definition) is 0. The van der Waals surface area contributed by atoms with E-state index in [1.54, 1.807) is 11.3 Å². The Morgan fingerprint density at radius 2 is 1.09 bits per heavy atom. The van der Waals surface area contributed by atoms with E-state index in [1.807, 2.05) is 18.2 Å². The fourth-order valence-corrected chi connectivity index (χ4v) is 9.59. The van der Waals surface area contributed by atoms with Gasteiger partial charge >= 0.3 is 0 Å². The van der Waals surface area contributed by atoms with Gasteiger partial charge in [0, 0.05) is 58.7 Å². The van der Waals surface area contributed by atoms with Crippen LogP contribution in [0.4, 0.5) is 0 Å². The molecule has 10 aromatic rings. The van der Waals surface area contributed by atoms with Crippen molar-refractivity contribution in [2.75, 3.05) is 0 Å². The fourth-order valence-electron chi connectivity index (χ4n) is 8.44. The van der Waals surface area contributed by atoms with Gasteiger partial charge in [-0.05, 0) is 64.7 Å². The molecule has 0 saturated heterocycles. The average Bonchev–Trinajstić information content (AvgIpc) is 3.82. The number of nitrogens with zero attached hydrogens (tertiary/aromatic N) is 4. The molecule has 0 N–H and O–H groups in total. The highest BCUT2D eigenvalue weighted by Gasteiger charge is 2.36. The van der Waals surface area contributed by atoms with Gasteiger partial charge in [-0.1, -0.05) is 129 Å². The van der Waals surface area contributed by atoms with Crippen LogP contribution in [0.3, 0.4) is 0 Å². The summed E-state index contributed by atoms with van der Waals surface area (Å²) in [6, 6.07) is 56.4. The van der Waals surface area contributed by atoms with Crippen LogP contribution in [0.2, 0.25) is 0 Å². The van der Waals surface area contributed by atoms with Gasteiger partial charge in [-0.15, -0.1) is 11.3 Å². The second-order valence-corrected chi connectivity index (χ2v) is 15.6. The van der Waals surface area contributed by atoms with Gasteiger partial charge in [0.05, 0.1) is 11.0 Å². The van der Waals surface area contributed by atoms with E-state index in [9.17, 15) is 0 Å². The molecule has 3 aromatic heterocycles. The molecular weight excluding hydrogens is 665 g/mol. The zero-order valence-corrected chi connectivity index (χ0v) is 30.0. The Kier molecular flexibility index (Phi) is 6.43. The Morgan fingerprint density at radius 3 is 1.94 bits per heavy atom. The minimum absolute atomic E-state index is 0.0718. The maximum atomic E-state index is 5.17. The van der Waals surface area contributed by atoms with E-state index in [4.69, 9.17) is 15.0 Å². The number of benzene rings is 7. The fraction of sp³-hybridized carbons (Fsp3) is 0.0625. The molecule has 1 aliphatic rings. The molecule has 1 aliphatic carbocycles. The molecule has 0 radical (unpaired) electrons. The van der Waals surface area contributed by atoms with Crippen LogP contribution in [0.25, 0.3) is 93.0 Å². The molecule has 0 atom stereocenters. The summed E-state index contributed by atoms with van der Waals surface area (Å²) in [4.78, 5) is 15.3. The molecular formula is C48H32N4S. The number of rotatable bonds is 4. The quantitative estimate of drug-likeness (QED) is 0.184. The summed E-state index contributed by atoms with van der Waals surface area (Å²) in [5, 5.41) is 5.03. The van der Waals surface area contributed by atoms with E-state index < -0.39 is 0 Å². The third kappa shape index (κ3) is 4.57. The second-order valence-electron chi connectivity index (χ2n) is 14.5. The van der Waals surface area contributed by atoms with Gasteiger partial charge in [-0.2, -0.15) is 0 Å². The van der Waals surface area contributed by atoms with E-state index in [0.29, 0.717) is 17.5 Å². The minimum Gasteiger partial charge on any atom is -0.309 e. The van der Waals surface area contributed by atoms with Crippen LogP contribution in [0, 0.1) is 0 Å². The summed E-state index contributed by atoms with van der Waals surface area (Å²) < 4.78 is 4.90. The predicted molar refractivity (Wildman–Crippen MR) is 221 cm³/mol. The Morgan fingerprint density at radius 1 is 0.434 bits per heavy atom. The standard InChI is InChI=1S/C48H32N4S/c1-48(2)39-20-9-6-17-33(39)37-28-42-38(27-40(37)48)34-18-7-10-21-41(34)52(42)32-16-12-15-30(25-32)46-49-45(29-13-4-3-5-14-29)50-47(51-46)31-23-24-36-35-19-8-11-22-43(35)53-44(36)26-31/h3-28H,1-2H3. The van der Waals surface area contributed by atoms with E-state index in [0.717, 1.165) is 22.4 Å². The molecule has 0 unspecified atom stereocenters. The average molecular weight is 697 g/mol. The van der Waals surface area contributed by atoms with Crippen LogP contribution in [0.1, 0.15) is 25.0 Å². The number of fused-ring (bicyclic) bond motifs is 9. The first-order valence-electron chi connectivity index (χ1n) is 18.0. The van der Waals surface area contributed by atoms with E-state index in [2.05, 4.69) is 158 Å². The maximum Gasteiger partial charge on any atom is 0.164 e. The van der Waals surface area contributed by atoms with Gasteiger partial charge in [0.2, 0.25) is 0 Å². The third-order valence-electron chi connectivity index (χ3n) is 11.0. The Bertz CT molecular complexity index is 3100. The zero-order valence-electron chi connectivity index (χ0n) is 29.2. The first-order valence-corrected chi connectivity index (χ1v) is 18.8. The molecule has 0 aliphatic heterocycles. The van der Waals surface area contributed by atoms with Crippen LogP contribution in [0.15, 0.2) is 158 Å². The smallest absolute Gasteiger partial charge is 0.164 e. The highest BCUT2D eigenvalue weighted by molar-refractivity contribution is 7.25. The van der Waals surface area contributed by atoms with Crippen molar-refractivity contribution in [1.29, 1.82) is 0 Å². The van der Waals surface area contributed by atoms with Crippen molar-refractivity contribution >= 4 is 53.3 Å². The van der Waals surface area contributed by atoms with Crippen LogP contribution >= 0.6 is 11.3 Å². The summed E-state index contributed by atoms with van der Waals surface area (Å²) in [6.07, 6.45) is 0. The van der Waals surface area contributed by atoms with E-state index in [1.165, 1.54) is 64.2 Å². The largest absolute Gasteiger partial charge is 0.309 e. The molecule has 11 rings (SSSR count). The summed E-state index contributed by atoms with van der Waals surface area (Å²) in [5.74, 6) is 1.96. The molecule has 0 spiro atoms. The van der Waals surface area contributed by atoms with Gasteiger partial charge in [0.15, 0.2) is 17.5 Å². The normalized spacial score (nSPS) is 13.2. The van der Waals surface area contributed by atoms with Gasteiger partial charge in [0.1, 0.15) is 0 Å². The summed E-state index contributed by atoms with van der Waals surface area (Å²) in [7, 11) is 0. The molecule has 0 saturated carbocycles. The summed E-state index contributed by atoms with van der Waals surface area (Å²) >= 11 is 1.80. The van der Waals surface area contributed by atoms with Gasteiger partial charge in [-0.3, -0.25) is 0 Å². The molecule has 3 heterocycles. The van der Waals surface area contributed by atoms with Gasteiger partial charge < -0.3 is 4.57 Å². The lowest BCUT2D eigenvalue weighted by atomic mass is 9.82. The van der Waals surface area contributed by atoms with E-state index >= 15 is 0 Å². The van der Waals surface area contributed by atoms with Gasteiger partial charge in [-0.25, -0.2) is 15.0 Å². The van der Waals surface area contributed by atoms with Crippen molar-refractivity contribution in [1.82, 2.24) is 19.5 Å². The maximum absolute atomic E-state index is 5.17. The van der Waals surface area contributed by atoms with Crippen LogP contribution in [-0.4, -0.2) is 19.5 Å². The lowest BCUT2D eigenvalue weighted by molar-refractivity contribution is 0.661. The lowest BCUT2D eigenvalue weighted by Crippen LogP contribution is -2.14. The number of thiophene rings is 1. The minimum atomic E-state index is -0.0718. The molecule has 0 amide bonds. The van der Waals surface area contributed by atoms with Crippen molar-refractivity contribution in [2.45, 2.75) is 19.3 Å². The van der Waals surface area contributed by atoms with Crippen molar-refractivity contribution in [3.8, 4) is 51.0 Å². The topological polar surface area (TPSA) is 43.6 Å². The van der Waals surface area contributed by atoms with Crippen LogP contribution in [0.5, 0.6) is 0 Å². The van der Waals surface area contributed by atoms with Gasteiger partial charge in [0.25, 0.3) is 0 Å². The van der Waals surface area contributed by atoms with Crippen molar-refractivity contribution in [3.63, 3.8) is 0 Å². The highest BCUT2D eigenvalue weighted by Crippen LogP contribution is 2.51. The van der Waals surface area contributed by atoms with Crippen molar-refractivity contribution in [3.05, 3.63) is 169 Å². The molecule has 53 heavy (non-hydrogen) atoms. The Labute approximate surface area is 310 Å². The SMILES string of the molecule is CC1(C)c2ccccc2-c2cc3c(cc21)c1ccccc1n3-c1cccc(-c2nc(-c3ccccc3)nc(-c3ccc4c(c3)sc3ccccc34)n2)c1. The molecule has 5 heteroatoms. The monoisotopic (exact) mass is 696 g/mol. The summed E-state index contributed by atoms with van der Waals surface area (Å²) in [5.41, 5.74) is 11.6. The van der Waals surface area contributed by atoms with Crippen molar-refractivity contribution < 1.29 is 0 Å². The highest BCUT2D eigenvalue weighted by atomic mass is 32.1. The second kappa shape index (κ2) is 11.3. The predicted octanol–water partition coefficient (Wildman–Crippen LogP) is 12.6. The number of aromatic nitrogens is 4. The Balaban J connectivity index is 1.10. The van der Waals surface area contributed by atoms with Crippen LogP contribution in [-0.2, 0) is 5.41 Å². The zero-order chi connectivity index (χ0) is 35.3. The molecule has 4 nitrogen and oxygen atoms in total. The summed E-state index contributed by atoms with van der Waals surface area (Å²) in [6.45, 7) is 4.69. The van der Waals surface area contributed by atoms with Crippen LogP contribution < -0.4 is 0 Å². The first-order chi connectivity index (χ1) is 26.0. The third-order valence-corrected chi connectivity index (χ3v) is 12.2. The molecule has 7 aromatic carbocycles. The molecule has 0 fully saturated rings. The lowest BCUT2D eigenvalue weighted by Gasteiger charge is -2.21. The molecule has 250 valence electrons. The number of para-hydroxylation sites is 1. The number of hydrogen-bond acceptors (Lipinski definition) is 4. The van der Waals surface area contributed by atoms with Crippen molar-refractivity contribution in [2.24, 2.45) is 0 Å². The first kappa shape index (κ1) is 30.2. The molecule has 0 bridgehead atoms.